The second-order valence-corrected chi connectivity index (χ2v) is 16.3. The maximum Gasteiger partial charge on any atom is 0.416 e. The van der Waals surface area contributed by atoms with Gasteiger partial charge >= 0.3 is 12.1 Å². The first-order valence-corrected chi connectivity index (χ1v) is 19.4. The molecular weight excluding hydrogens is 679 g/mol. The van der Waals surface area contributed by atoms with E-state index in [2.05, 4.69) is 43.1 Å². The van der Waals surface area contributed by atoms with E-state index in [-0.39, 0.29) is 17.9 Å². The first-order valence-electron chi connectivity index (χ1n) is 19.4. The average Bonchev–Trinajstić information content (AvgIpc) is 3.79. The molecule has 1 amide bonds. The SMILES string of the molecule is Cc1cc(C)c(-c2cc([C@@H](CC(=O)O)NC(=O)[C@@H](CC(C)C)n3cc(C4CCN(C5CCCC5)CC4)c(C(F)(F)F)cc3=O)cc3c2CCC3)c(C)c1. The van der Waals surface area contributed by atoms with E-state index in [0.29, 0.717) is 43.6 Å². The highest BCUT2D eigenvalue weighted by molar-refractivity contribution is 5.82. The van der Waals surface area contributed by atoms with Crippen molar-refractivity contribution in [3.63, 3.8) is 0 Å². The van der Waals surface area contributed by atoms with E-state index in [4.69, 9.17) is 0 Å². The Bertz CT molecular complexity index is 1880. The second kappa shape index (κ2) is 15.8. The number of halogens is 3. The number of amides is 1. The Labute approximate surface area is 311 Å². The molecule has 2 aromatic carbocycles. The van der Waals surface area contributed by atoms with Crippen LogP contribution in [-0.4, -0.2) is 45.6 Å². The molecule has 3 aromatic rings. The van der Waals surface area contributed by atoms with Gasteiger partial charge in [0, 0.05) is 18.3 Å². The minimum atomic E-state index is -4.72. The van der Waals surface area contributed by atoms with Crippen LogP contribution in [0.2, 0.25) is 0 Å². The summed E-state index contributed by atoms with van der Waals surface area (Å²) < 4.78 is 44.7. The number of nitrogens with zero attached hydrogens (tertiary/aromatic N) is 2. The fraction of sp³-hybridized carbons (Fsp3) is 0.558. The largest absolute Gasteiger partial charge is 0.481 e. The van der Waals surface area contributed by atoms with Gasteiger partial charge in [-0.25, -0.2) is 0 Å². The van der Waals surface area contributed by atoms with Gasteiger partial charge in [-0.05, 0) is 148 Å². The van der Waals surface area contributed by atoms with Crippen LogP contribution in [-0.2, 0) is 28.6 Å². The molecule has 6 rings (SSSR count). The van der Waals surface area contributed by atoms with E-state index in [1.807, 2.05) is 26.0 Å². The van der Waals surface area contributed by atoms with E-state index >= 15 is 0 Å². The van der Waals surface area contributed by atoms with Crippen molar-refractivity contribution in [3.8, 4) is 11.1 Å². The molecule has 1 aromatic heterocycles. The Morgan fingerprint density at radius 1 is 0.925 bits per heavy atom. The molecule has 2 atom stereocenters. The van der Waals surface area contributed by atoms with Crippen molar-refractivity contribution in [2.45, 2.75) is 135 Å². The molecule has 2 fully saturated rings. The van der Waals surface area contributed by atoms with Crippen molar-refractivity contribution < 1.29 is 27.9 Å². The van der Waals surface area contributed by atoms with Gasteiger partial charge in [0.25, 0.3) is 5.56 Å². The molecule has 2 aliphatic carbocycles. The number of aliphatic carboxylic acids is 1. The highest BCUT2D eigenvalue weighted by atomic mass is 19.4. The number of aromatic nitrogens is 1. The molecular formula is C43H54F3N3O4. The minimum Gasteiger partial charge on any atom is -0.481 e. The third-order valence-electron chi connectivity index (χ3n) is 11.8. The number of carbonyl (C=O) groups excluding carboxylic acids is 1. The van der Waals surface area contributed by atoms with Crippen LogP contribution in [0.3, 0.4) is 0 Å². The van der Waals surface area contributed by atoms with Gasteiger partial charge in [0.15, 0.2) is 0 Å². The van der Waals surface area contributed by atoms with Gasteiger partial charge < -0.3 is 19.9 Å². The number of alkyl halides is 3. The number of hydrogen-bond donors (Lipinski definition) is 2. The van der Waals surface area contributed by atoms with E-state index in [9.17, 15) is 32.7 Å². The molecule has 286 valence electrons. The smallest absolute Gasteiger partial charge is 0.416 e. The van der Waals surface area contributed by atoms with Crippen molar-refractivity contribution in [2.75, 3.05) is 13.1 Å². The fourth-order valence-electron chi connectivity index (χ4n) is 9.47. The molecule has 53 heavy (non-hydrogen) atoms. The summed E-state index contributed by atoms with van der Waals surface area (Å²) in [5.74, 6) is -2.18. The number of benzene rings is 2. The summed E-state index contributed by atoms with van der Waals surface area (Å²) >= 11 is 0. The summed E-state index contributed by atoms with van der Waals surface area (Å²) in [6.45, 7) is 11.4. The van der Waals surface area contributed by atoms with Crippen LogP contribution in [0, 0.1) is 26.7 Å². The Balaban J connectivity index is 1.36. The van der Waals surface area contributed by atoms with Gasteiger partial charge in [0.05, 0.1) is 18.0 Å². The molecule has 0 unspecified atom stereocenters. The lowest BCUT2D eigenvalue weighted by Gasteiger charge is -2.37. The number of carboxylic acid groups (broad SMARTS) is 1. The second-order valence-electron chi connectivity index (χ2n) is 16.3. The molecule has 7 nitrogen and oxygen atoms in total. The predicted octanol–water partition coefficient (Wildman–Crippen LogP) is 8.99. The minimum absolute atomic E-state index is 0.0546. The molecule has 0 radical (unpaired) electrons. The van der Waals surface area contributed by atoms with Gasteiger partial charge in [-0.2, -0.15) is 13.2 Å². The van der Waals surface area contributed by atoms with Gasteiger partial charge in [-0.3, -0.25) is 14.4 Å². The Hall–Kier alpha value is -3.92. The lowest BCUT2D eigenvalue weighted by molar-refractivity contribution is -0.139. The zero-order chi connectivity index (χ0) is 38.2. The quantitative estimate of drug-likeness (QED) is 0.205. The molecule has 3 aliphatic rings. The zero-order valence-electron chi connectivity index (χ0n) is 31.7. The van der Waals surface area contributed by atoms with Gasteiger partial charge in [-0.15, -0.1) is 0 Å². The lowest BCUT2D eigenvalue weighted by Crippen LogP contribution is -2.42. The summed E-state index contributed by atoms with van der Waals surface area (Å²) in [7, 11) is 0. The number of pyridine rings is 1. The molecule has 1 saturated carbocycles. The molecule has 10 heteroatoms. The number of aryl methyl sites for hydroxylation is 4. The van der Waals surface area contributed by atoms with Crippen LogP contribution in [0.25, 0.3) is 11.1 Å². The van der Waals surface area contributed by atoms with Gasteiger partial charge in [0.2, 0.25) is 5.91 Å². The van der Waals surface area contributed by atoms with Crippen LogP contribution >= 0.6 is 0 Å². The van der Waals surface area contributed by atoms with Crippen LogP contribution in [0.4, 0.5) is 13.2 Å². The maximum atomic E-state index is 14.5. The van der Waals surface area contributed by atoms with Crippen LogP contribution in [0.1, 0.15) is 134 Å². The Morgan fingerprint density at radius 2 is 1.58 bits per heavy atom. The van der Waals surface area contributed by atoms with Crippen molar-refractivity contribution in [3.05, 3.63) is 91.4 Å². The van der Waals surface area contributed by atoms with Crippen molar-refractivity contribution >= 4 is 11.9 Å². The molecule has 2 heterocycles. The molecule has 1 aliphatic heterocycles. The fourth-order valence-corrected chi connectivity index (χ4v) is 9.47. The Morgan fingerprint density at radius 3 is 2.19 bits per heavy atom. The van der Waals surface area contributed by atoms with Crippen LogP contribution in [0.15, 0.2) is 41.3 Å². The monoisotopic (exact) mass is 733 g/mol. The Kier molecular flexibility index (Phi) is 11.6. The number of fused-ring (bicyclic) bond motifs is 1. The highest BCUT2D eigenvalue weighted by Gasteiger charge is 2.39. The first-order chi connectivity index (χ1) is 25.1. The van der Waals surface area contributed by atoms with Gasteiger partial charge in [-0.1, -0.05) is 50.5 Å². The number of nitrogens with one attached hydrogen (secondary N) is 1. The number of piperidine rings is 1. The standard InChI is InChI=1S/C43H54F3N3O4/c1-25(2)17-38(49-24-35(36(22-39(49)50)43(44,45)46)29-13-15-48(16-14-29)32-10-6-7-11-32)42(53)47-37(23-40(51)52)31-20-30-9-8-12-33(30)34(21-31)41-27(4)18-26(3)19-28(41)5/h18-22,24-25,29,32,37-38H,6-17,23H2,1-5H3,(H,47,53)(H,51,52)/t37-,38-/m1/s1. The van der Waals surface area contributed by atoms with Crippen LogP contribution in [0.5, 0.6) is 0 Å². The van der Waals surface area contributed by atoms with Crippen LogP contribution < -0.4 is 10.9 Å². The van der Waals surface area contributed by atoms with E-state index in [1.54, 1.807) is 0 Å². The highest BCUT2D eigenvalue weighted by Crippen LogP contribution is 2.41. The summed E-state index contributed by atoms with van der Waals surface area (Å²) in [6.07, 6.45) is 4.77. The average molecular weight is 734 g/mol. The number of carbonyl (C=O) groups is 2. The summed E-state index contributed by atoms with van der Waals surface area (Å²) in [5, 5.41) is 13.0. The first kappa shape index (κ1) is 38.8. The third-order valence-corrected chi connectivity index (χ3v) is 11.8. The molecule has 2 N–H and O–H groups in total. The van der Waals surface area contributed by atoms with Crippen molar-refractivity contribution in [1.82, 2.24) is 14.8 Å². The number of rotatable bonds is 11. The number of likely N-dealkylation sites (tertiary alicyclic amines) is 1. The van der Waals surface area contributed by atoms with E-state index < -0.39 is 53.6 Å². The summed E-state index contributed by atoms with van der Waals surface area (Å²) in [6, 6.07) is 7.36. The van der Waals surface area contributed by atoms with Gasteiger partial charge in [0.1, 0.15) is 6.04 Å². The number of hydrogen-bond acceptors (Lipinski definition) is 4. The maximum absolute atomic E-state index is 14.5. The lowest BCUT2D eigenvalue weighted by atomic mass is 9.86. The van der Waals surface area contributed by atoms with E-state index in [0.717, 1.165) is 65.5 Å². The molecule has 1 saturated heterocycles. The topological polar surface area (TPSA) is 91.6 Å². The summed E-state index contributed by atoms with van der Waals surface area (Å²) in [4.78, 5) is 42.7. The van der Waals surface area contributed by atoms with Crippen molar-refractivity contribution in [1.29, 1.82) is 0 Å². The summed E-state index contributed by atoms with van der Waals surface area (Å²) in [5.41, 5.74) is 6.78. The molecule has 0 spiro atoms. The van der Waals surface area contributed by atoms with Crippen molar-refractivity contribution in [2.24, 2.45) is 5.92 Å². The normalized spacial score (nSPS) is 18.4. The molecule has 0 bridgehead atoms. The third kappa shape index (κ3) is 8.58. The zero-order valence-corrected chi connectivity index (χ0v) is 31.7. The number of carboxylic acids is 1. The van der Waals surface area contributed by atoms with E-state index in [1.165, 1.54) is 29.2 Å². The predicted molar refractivity (Wildman–Crippen MR) is 201 cm³/mol.